The van der Waals surface area contributed by atoms with Crippen molar-refractivity contribution in [2.45, 2.75) is 66.2 Å². The Morgan fingerprint density at radius 1 is 0.688 bits per heavy atom. The molecular weight excluding hydrogens is 200 g/mol. The maximum absolute atomic E-state index is 11.8. The summed E-state index contributed by atoms with van der Waals surface area (Å²) in [7, 11) is 0. The largest absolute Gasteiger partial charge is 0.299 e. The third-order valence-electron chi connectivity index (χ3n) is 3.50. The number of Topliss-reactive ketones (excluding diaryl/α,β-unsaturated/α-hetero) is 2. The first kappa shape index (κ1) is 15.3. The Morgan fingerprint density at radius 2 is 0.938 bits per heavy atom. The van der Waals surface area contributed by atoms with Gasteiger partial charge in [-0.25, -0.2) is 0 Å². The van der Waals surface area contributed by atoms with Crippen LogP contribution < -0.4 is 0 Å². The lowest BCUT2D eigenvalue weighted by Gasteiger charge is -2.13. The number of hydrogen-bond donors (Lipinski definition) is 0. The summed E-state index contributed by atoms with van der Waals surface area (Å²) >= 11 is 0. The molecule has 0 atom stereocenters. The SMILES string of the molecule is CCC(CC)C(=O)CCC(=O)C(CC)CC. The van der Waals surface area contributed by atoms with Gasteiger partial charge in [0.2, 0.25) is 0 Å². The first-order valence-corrected chi connectivity index (χ1v) is 6.65. The number of carbonyl (C=O) groups excluding carboxylic acids is 2. The Labute approximate surface area is 99.8 Å². The van der Waals surface area contributed by atoms with E-state index in [-0.39, 0.29) is 23.4 Å². The molecule has 0 N–H and O–H groups in total. The summed E-state index contributed by atoms with van der Waals surface area (Å²) in [4.78, 5) is 23.5. The molecule has 0 fully saturated rings. The highest BCUT2D eigenvalue weighted by molar-refractivity contribution is 5.88. The molecule has 2 heteroatoms. The second-order valence-electron chi connectivity index (χ2n) is 4.46. The molecule has 94 valence electrons. The summed E-state index contributed by atoms with van der Waals surface area (Å²) < 4.78 is 0. The predicted molar refractivity (Wildman–Crippen MR) is 67.4 cm³/mol. The molecule has 0 spiro atoms. The van der Waals surface area contributed by atoms with E-state index in [2.05, 4.69) is 0 Å². The van der Waals surface area contributed by atoms with Crippen molar-refractivity contribution in [3.63, 3.8) is 0 Å². The van der Waals surface area contributed by atoms with Crippen LogP contribution in [0.1, 0.15) is 66.2 Å². The van der Waals surface area contributed by atoms with Gasteiger partial charge in [-0.05, 0) is 25.7 Å². The lowest BCUT2D eigenvalue weighted by molar-refractivity contribution is -0.128. The van der Waals surface area contributed by atoms with Crippen molar-refractivity contribution in [3.05, 3.63) is 0 Å². The fraction of sp³-hybridized carbons (Fsp3) is 0.857. The molecule has 0 amide bonds. The van der Waals surface area contributed by atoms with Gasteiger partial charge in [0.05, 0.1) is 0 Å². The van der Waals surface area contributed by atoms with Crippen LogP contribution in [0.5, 0.6) is 0 Å². The van der Waals surface area contributed by atoms with Crippen LogP contribution in [0.4, 0.5) is 0 Å². The first-order valence-electron chi connectivity index (χ1n) is 6.65. The molecule has 0 unspecified atom stereocenters. The fourth-order valence-electron chi connectivity index (χ4n) is 2.14. The lowest BCUT2D eigenvalue weighted by Crippen LogP contribution is -2.18. The Bertz CT molecular complexity index is 189. The zero-order valence-electron chi connectivity index (χ0n) is 11.2. The van der Waals surface area contributed by atoms with E-state index in [1.54, 1.807) is 0 Å². The van der Waals surface area contributed by atoms with Crippen molar-refractivity contribution in [1.82, 2.24) is 0 Å². The fourth-order valence-corrected chi connectivity index (χ4v) is 2.14. The van der Waals surface area contributed by atoms with Crippen LogP contribution in [0.3, 0.4) is 0 Å². The quantitative estimate of drug-likeness (QED) is 0.599. The van der Waals surface area contributed by atoms with E-state index in [9.17, 15) is 9.59 Å². The van der Waals surface area contributed by atoms with Gasteiger partial charge < -0.3 is 0 Å². The lowest BCUT2D eigenvalue weighted by atomic mass is 9.90. The van der Waals surface area contributed by atoms with Gasteiger partial charge >= 0.3 is 0 Å². The molecule has 16 heavy (non-hydrogen) atoms. The van der Waals surface area contributed by atoms with E-state index in [1.807, 2.05) is 27.7 Å². The molecule has 2 nitrogen and oxygen atoms in total. The van der Waals surface area contributed by atoms with Crippen molar-refractivity contribution in [2.24, 2.45) is 11.8 Å². The van der Waals surface area contributed by atoms with Gasteiger partial charge in [-0.3, -0.25) is 9.59 Å². The highest BCUT2D eigenvalue weighted by atomic mass is 16.1. The van der Waals surface area contributed by atoms with Gasteiger partial charge in [-0.15, -0.1) is 0 Å². The third-order valence-corrected chi connectivity index (χ3v) is 3.50. The monoisotopic (exact) mass is 226 g/mol. The van der Waals surface area contributed by atoms with E-state index < -0.39 is 0 Å². The summed E-state index contributed by atoms with van der Waals surface area (Å²) in [6.07, 6.45) is 4.48. The molecule has 0 aromatic carbocycles. The van der Waals surface area contributed by atoms with E-state index in [4.69, 9.17) is 0 Å². The topological polar surface area (TPSA) is 34.1 Å². The summed E-state index contributed by atoms with van der Waals surface area (Å²) in [5.41, 5.74) is 0. The van der Waals surface area contributed by atoms with Crippen LogP contribution >= 0.6 is 0 Å². The van der Waals surface area contributed by atoms with Crippen LogP contribution in [0, 0.1) is 11.8 Å². The van der Waals surface area contributed by atoms with Gasteiger partial charge in [0, 0.05) is 24.7 Å². The second kappa shape index (κ2) is 8.49. The molecule has 0 rings (SSSR count). The van der Waals surface area contributed by atoms with E-state index in [0.717, 1.165) is 25.7 Å². The average Bonchev–Trinajstić information content (AvgIpc) is 2.29. The Balaban J connectivity index is 4.04. The maximum atomic E-state index is 11.8. The Kier molecular flexibility index (Phi) is 8.14. The summed E-state index contributed by atoms with van der Waals surface area (Å²) in [6, 6.07) is 0. The molecule has 0 heterocycles. The maximum Gasteiger partial charge on any atom is 0.136 e. The molecule has 0 aliphatic carbocycles. The summed E-state index contributed by atoms with van der Waals surface area (Å²) in [5.74, 6) is 0.859. The van der Waals surface area contributed by atoms with Gasteiger partial charge in [0.1, 0.15) is 11.6 Å². The van der Waals surface area contributed by atoms with Crippen molar-refractivity contribution in [2.75, 3.05) is 0 Å². The van der Waals surface area contributed by atoms with E-state index >= 15 is 0 Å². The number of carbonyl (C=O) groups is 2. The Morgan fingerprint density at radius 3 is 1.12 bits per heavy atom. The van der Waals surface area contributed by atoms with Crippen molar-refractivity contribution >= 4 is 11.6 Å². The van der Waals surface area contributed by atoms with Gasteiger partial charge in [-0.1, -0.05) is 27.7 Å². The van der Waals surface area contributed by atoms with Crippen molar-refractivity contribution in [3.8, 4) is 0 Å². The predicted octanol–water partition coefficient (Wildman–Crippen LogP) is 3.78. The van der Waals surface area contributed by atoms with Gasteiger partial charge in [0.15, 0.2) is 0 Å². The minimum Gasteiger partial charge on any atom is -0.299 e. The second-order valence-corrected chi connectivity index (χ2v) is 4.46. The summed E-state index contributed by atoms with van der Waals surface area (Å²) in [6.45, 7) is 8.15. The highest BCUT2D eigenvalue weighted by Crippen LogP contribution is 2.16. The molecule has 0 aromatic heterocycles. The van der Waals surface area contributed by atoms with Crippen molar-refractivity contribution < 1.29 is 9.59 Å². The van der Waals surface area contributed by atoms with Crippen LogP contribution in [0.2, 0.25) is 0 Å². The smallest absolute Gasteiger partial charge is 0.136 e. The molecule has 0 saturated heterocycles. The van der Waals surface area contributed by atoms with Crippen molar-refractivity contribution in [1.29, 1.82) is 0 Å². The number of ketones is 2. The van der Waals surface area contributed by atoms with Gasteiger partial charge in [-0.2, -0.15) is 0 Å². The summed E-state index contributed by atoms with van der Waals surface area (Å²) in [5, 5.41) is 0. The van der Waals surface area contributed by atoms with E-state index in [1.165, 1.54) is 0 Å². The molecular formula is C14H26O2. The molecule has 0 radical (unpaired) electrons. The number of hydrogen-bond acceptors (Lipinski definition) is 2. The number of rotatable bonds is 9. The van der Waals surface area contributed by atoms with Crippen LogP contribution in [-0.2, 0) is 9.59 Å². The average molecular weight is 226 g/mol. The first-order chi connectivity index (χ1) is 7.60. The standard InChI is InChI=1S/C14H26O2/c1-5-11(6-2)13(15)9-10-14(16)12(7-3)8-4/h11-12H,5-10H2,1-4H3. The van der Waals surface area contributed by atoms with Gasteiger partial charge in [0.25, 0.3) is 0 Å². The van der Waals surface area contributed by atoms with Crippen LogP contribution in [-0.4, -0.2) is 11.6 Å². The van der Waals surface area contributed by atoms with Crippen LogP contribution in [0.15, 0.2) is 0 Å². The zero-order chi connectivity index (χ0) is 12.6. The Hall–Kier alpha value is -0.660. The minimum atomic E-state index is 0.162. The molecule has 0 bridgehead atoms. The molecule has 0 aromatic rings. The molecule has 0 saturated carbocycles. The third kappa shape index (κ3) is 4.91. The highest BCUT2D eigenvalue weighted by Gasteiger charge is 2.18. The molecule has 0 aliphatic heterocycles. The van der Waals surface area contributed by atoms with Crippen LogP contribution in [0.25, 0.3) is 0 Å². The minimum absolute atomic E-state index is 0.162. The van der Waals surface area contributed by atoms with E-state index in [0.29, 0.717) is 12.8 Å². The molecule has 0 aliphatic rings. The normalized spacial score (nSPS) is 11.1. The zero-order valence-corrected chi connectivity index (χ0v) is 11.2.